The highest BCUT2D eigenvalue weighted by atomic mass is 35.5. The van der Waals surface area contributed by atoms with E-state index in [9.17, 15) is 4.79 Å². The highest BCUT2D eigenvalue weighted by molar-refractivity contribution is 6.32. The van der Waals surface area contributed by atoms with Gasteiger partial charge in [-0.2, -0.15) is 0 Å². The van der Waals surface area contributed by atoms with Crippen LogP contribution in [0.3, 0.4) is 0 Å². The fourth-order valence-corrected chi connectivity index (χ4v) is 3.51. The van der Waals surface area contributed by atoms with E-state index < -0.39 is 0 Å². The Morgan fingerprint density at radius 3 is 2.48 bits per heavy atom. The molecule has 0 unspecified atom stereocenters. The van der Waals surface area contributed by atoms with Crippen LogP contribution in [0.5, 0.6) is 5.75 Å². The lowest BCUT2D eigenvalue weighted by molar-refractivity contribution is -0.146. The van der Waals surface area contributed by atoms with Crippen LogP contribution in [0.2, 0.25) is 5.02 Å². The Morgan fingerprint density at radius 2 is 1.87 bits per heavy atom. The van der Waals surface area contributed by atoms with Crippen molar-refractivity contribution in [3.8, 4) is 5.75 Å². The summed E-state index contributed by atoms with van der Waals surface area (Å²) < 4.78 is 5.86. The Hall–Kier alpha value is -1.26. The predicted octanol–water partition coefficient (Wildman–Crippen LogP) is 3.05. The van der Waals surface area contributed by atoms with Gasteiger partial charge in [0.1, 0.15) is 11.9 Å². The standard InChI is InChI=1S/C18H25ClN2O2/c1-13(2)20-9-7-14(8-10-20)18(22)21-11-15(12-21)23-17-6-4-3-5-16(17)19/h3-6,13-15H,7-12H2,1-2H3. The number of halogens is 1. The molecule has 0 N–H and O–H groups in total. The largest absolute Gasteiger partial charge is 0.485 e. The molecule has 23 heavy (non-hydrogen) atoms. The van der Waals surface area contributed by atoms with Gasteiger partial charge >= 0.3 is 0 Å². The van der Waals surface area contributed by atoms with Gasteiger partial charge in [-0.3, -0.25) is 4.79 Å². The van der Waals surface area contributed by atoms with Gasteiger partial charge in [-0.1, -0.05) is 23.7 Å². The summed E-state index contributed by atoms with van der Waals surface area (Å²) in [7, 11) is 0. The minimum absolute atomic E-state index is 0.0644. The van der Waals surface area contributed by atoms with Crippen molar-refractivity contribution in [3.63, 3.8) is 0 Å². The van der Waals surface area contributed by atoms with Crippen molar-refractivity contribution < 1.29 is 9.53 Å². The number of carbonyl (C=O) groups is 1. The molecule has 0 spiro atoms. The van der Waals surface area contributed by atoms with E-state index in [-0.39, 0.29) is 12.0 Å². The maximum absolute atomic E-state index is 12.5. The molecule has 3 rings (SSSR count). The van der Waals surface area contributed by atoms with Crippen LogP contribution in [-0.2, 0) is 4.79 Å². The lowest BCUT2D eigenvalue weighted by atomic mass is 9.93. The lowest BCUT2D eigenvalue weighted by Crippen LogP contribution is -2.58. The van der Waals surface area contributed by atoms with Gasteiger partial charge in [0.15, 0.2) is 0 Å². The van der Waals surface area contributed by atoms with Crippen molar-refractivity contribution in [2.75, 3.05) is 26.2 Å². The summed E-state index contributed by atoms with van der Waals surface area (Å²) >= 11 is 6.10. The molecule has 1 aromatic rings. The molecule has 2 aliphatic rings. The Bertz CT molecular complexity index is 550. The van der Waals surface area contributed by atoms with E-state index in [4.69, 9.17) is 16.3 Å². The fourth-order valence-electron chi connectivity index (χ4n) is 3.33. The van der Waals surface area contributed by atoms with Crippen LogP contribution in [-0.4, -0.2) is 54.0 Å². The van der Waals surface area contributed by atoms with Crippen molar-refractivity contribution in [1.29, 1.82) is 0 Å². The molecule has 0 aliphatic carbocycles. The molecule has 0 bridgehead atoms. The van der Waals surface area contributed by atoms with Crippen LogP contribution < -0.4 is 4.74 Å². The average Bonchev–Trinajstić information content (AvgIpc) is 2.51. The zero-order chi connectivity index (χ0) is 16.4. The second-order valence-electron chi connectivity index (χ2n) is 6.82. The van der Waals surface area contributed by atoms with E-state index in [0.717, 1.165) is 25.9 Å². The minimum Gasteiger partial charge on any atom is -0.485 e. The van der Waals surface area contributed by atoms with Crippen LogP contribution in [0.1, 0.15) is 26.7 Å². The molecule has 4 nitrogen and oxygen atoms in total. The second-order valence-corrected chi connectivity index (χ2v) is 7.22. The van der Waals surface area contributed by atoms with Gasteiger partial charge in [0.2, 0.25) is 5.91 Å². The molecule has 0 aromatic heterocycles. The Morgan fingerprint density at radius 1 is 1.22 bits per heavy atom. The summed E-state index contributed by atoms with van der Waals surface area (Å²) in [6, 6.07) is 8.05. The van der Waals surface area contributed by atoms with Crippen LogP contribution in [0, 0.1) is 5.92 Å². The summed E-state index contributed by atoms with van der Waals surface area (Å²) in [5.41, 5.74) is 0. The molecule has 0 radical (unpaired) electrons. The predicted molar refractivity (Wildman–Crippen MR) is 91.9 cm³/mol. The minimum atomic E-state index is 0.0644. The summed E-state index contributed by atoms with van der Waals surface area (Å²) in [5, 5.41) is 0.623. The fraction of sp³-hybridized carbons (Fsp3) is 0.611. The third-order valence-corrected chi connectivity index (χ3v) is 5.21. The lowest BCUT2D eigenvalue weighted by Gasteiger charge is -2.42. The van der Waals surface area contributed by atoms with Gasteiger partial charge in [0.05, 0.1) is 18.1 Å². The number of piperidine rings is 1. The van der Waals surface area contributed by atoms with Gasteiger partial charge < -0.3 is 14.5 Å². The first-order chi connectivity index (χ1) is 11.0. The molecular weight excluding hydrogens is 312 g/mol. The normalized spacial score (nSPS) is 20.6. The van der Waals surface area contributed by atoms with Crippen LogP contribution in [0.25, 0.3) is 0 Å². The molecule has 2 fully saturated rings. The third kappa shape index (κ3) is 3.81. The number of ether oxygens (including phenoxy) is 1. The Labute approximate surface area is 143 Å². The number of para-hydroxylation sites is 1. The van der Waals surface area contributed by atoms with E-state index in [1.165, 1.54) is 0 Å². The maximum atomic E-state index is 12.5. The quantitative estimate of drug-likeness (QED) is 0.847. The molecule has 5 heteroatoms. The number of hydrogen-bond acceptors (Lipinski definition) is 3. The number of nitrogens with zero attached hydrogens (tertiary/aromatic N) is 2. The van der Waals surface area contributed by atoms with Crippen molar-refractivity contribution in [3.05, 3.63) is 29.3 Å². The van der Waals surface area contributed by atoms with E-state index in [0.29, 0.717) is 35.8 Å². The van der Waals surface area contributed by atoms with Crippen molar-refractivity contribution in [2.45, 2.75) is 38.8 Å². The number of likely N-dealkylation sites (tertiary alicyclic amines) is 2. The summed E-state index contributed by atoms with van der Waals surface area (Å²) in [4.78, 5) is 16.9. The van der Waals surface area contributed by atoms with E-state index in [1.54, 1.807) is 0 Å². The van der Waals surface area contributed by atoms with E-state index in [2.05, 4.69) is 18.7 Å². The topological polar surface area (TPSA) is 32.8 Å². The summed E-state index contributed by atoms with van der Waals surface area (Å²) in [5.74, 6) is 1.19. The monoisotopic (exact) mass is 336 g/mol. The zero-order valence-electron chi connectivity index (χ0n) is 13.9. The molecule has 2 saturated heterocycles. The average molecular weight is 337 g/mol. The molecule has 126 valence electrons. The van der Waals surface area contributed by atoms with Gasteiger partial charge in [-0.05, 0) is 51.9 Å². The second kappa shape index (κ2) is 7.10. The van der Waals surface area contributed by atoms with Gasteiger partial charge in [-0.15, -0.1) is 0 Å². The number of carbonyl (C=O) groups excluding carboxylic acids is 1. The first kappa shape index (κ1) is 16.6. The van der Waals surface area contributed by atoms with Crippen LogP contribution >= 0.6 is 11.6 Å². The number of rotatable bonds is 4. The van der Waals surface area contributed by atoms with E-state index in [1.807, 2.05) is 29.2 Å². The number of hydrogen-bond donors (Lipinski definition) is 0. The van der Waals surface area contributed by atoms with Crippen molar-refractivity contribution >= 4 is 17.5 Å². The SMILES string of the molecule is CC(C)N1CCC(C(=O)N2CC(Oc3ccccc3Cl)C2)CC1. The van der Waals surface area contributed by atoms with Crippen LogP contribution in [0.4, 0.5) is 0 Å². The highest BCUT2D eigenvalue weighted by Crippen LogP contribution is 2.28. The molecular formula is C18H25ClN2O2. The Balaban J connectivity index is 1.44. The molecule has 0 atom stereocenters. The first-order valence-electron chi connectivity index (χ1n) is 8.48. The maximum Gasteiger partial charge on any atom is 0.226 e. The first-order valence-corrected chi connectivity index (χ1v) is 8.86. The summed E-state index contributed by atoms with van der Waals surface area (Å²) in [6.07, 6.45) is 2.02. The van der Waals surface area contributed by atoms with Crippen molar-refractivity contribution in [1.82, 2.24) is 9.80 Å². The molecule has 0 saturated carbocycles. The zero-order valence-corrected chi connectivity index (χ0v) is 14.6. The summed E-state index contributed by atoms with van der Waals surface area (Å²) in [6.45, 7) is 7.84. The van der Waals surface area contributed by atoms with Crippen LogP contribution in [0.15, 0.2) is 24.3 Å². The number of benzene rings is 1. The van der Waals surface area contributed by atoms with Gasteiger partial charge in [-0.25, -0.2) is 0 Å². The molecule has 1 aromatic carbocycles. The third-order valence-electron chi connectivity index (χ3n) is 4.90. The molecule has 2 aliphatic heterocycles. The van der Waals surface area contributed by atoms with Gasteiger partial charge in [0.25, 0.3) is 0 Å². The van der Waals surface area contributed by atoms with Gasteiger partial charge in [0, 0.05) is 12.0 Å². The van der Waals surface area contributed by atoms with E-state index >= 15 is 0 Å². The Kier molecular flexibility index (Phi) is 5.12. The molecule has 2 heterocycles. The highest BCUT2D eigenvalue weighted by Gasteiger charge is 2.37. The molecule has 1 amide bonds. The number of amides is 1. The smallest absolute Gasteiger partial charge is 0.226 e. The van der Waals surface area contributed by atoms with Crippen molar-refractivity contribution in [2.24, 2.45) is 5.92 Å².